The smallest absolute Gasteiger partial charge is 0.412 e. The second kappa shape index (κ2) is 6.03. The molecule has 0 radical (unpaired) electrons. The van der Waals surface area contributed by atoms with Crippen LogP contribution in [-0.2, 0) is 9.53 Å². The Morgan fingerprint density at radius 3 is 2.53 bits per heavy atom. The van der Waals surface area contributed by atoms with Gasteiger partial charge >= 0.3 is 12.1 Å². The van der Waals surface area contributed by atoms with Crippen molar-refractivity contribution in [3.05, 3.63) is 23.5 Å². The van der Waals surface area contributed by atoms with Gasteiger partial charge in [-0.1, -0.05) is 6.58 Å². The third-order valence-electron chi connectivity index (χ3n) is 2.49. The Morgan fingerprint density at radius 1 is 1.47 bits per heavy atom. The van der Waals surface area contributed by atoms with Crippen molar-refractivity contribution in [1.29, 1.82) is 0 Å². The summed E-state index contributed by atoms with van der Waals surface area (Å²) in [5.74, 6) is -0.536. The number of esters is 1. The lowest BCUT2D eigenvalue weighted by atomic mass is 10.3. The van der Waals surface area contributed by atoms with Crippen molar-refractivity contribution in [2.24, 2.45) is 0 Å². The fourth-order valence-electron chi connectivity index (χ4n) is 1.60. The molecule has 0 saturated heterocycles. The Bertz CT molecular complexity index is 488. The molecule has 0 bridgehead atoms. The number of amides is 1. The summed E-state index contributed by atoms with van der Waals surface area (Å²) in [6.07, 6.45) is -1.13. The zero-order valence-corrected chi connectivity index (χ0v) is 11.2. The van der Waals surface area contributed by atoms with Crippen molar-refractivity contribution in [2.45, 2.75) is 20.8 Å². The van der Waals surface area contributed by atoms with Crippen molar-refractivity contribution in [1.82, 2.24) is 10.2 Å². The van der Waals surface area contributed by atoms with E-state index in [-0.39, 0.29) is 18.7 Å². The second-order valence-corrected chi connectivity index (χ2v) is 4.13. The zero-order valence-electron chi connectivity index (χ0n) is 11.2. The van der Waals surface area contributed by atoms with Gasteiger partial charge in [-0.05, 0) is 20.8 Å². The van der Waals surface area contributed by atoms with Gasteiger partial charge in [0, 0.05) is 5.57 Å². The van der Waals surface area contributed by atoms with E-state index in [1.807, 2.05) is 0 Å². The predicted octanol–water partition coefficient (Wildman–Crippen LogP) is 1.63. The molecule has 104 valence electrons. The minimum atomic E-state index is -1.13. The molecular formula is C12H17N3O4. The number of nitrogens with zero attached hydrogens (tertiary/aromatic N) is 2. The van der Waals surface area contributed by atoms with Crippen LogP contribution in [0.5, 0.6) is 0 Å². The van der Waals surface area contributed by atoms with Gasteiger partial charge in [-0.3, -0.25) is 10.00 Å². The maximum atomic E-state index is 11.2. The summed E-state index contributed by atoms with van der Waals surface area (Å²) in [6, 6.07) is 0. The molecule has 0 saturated carbocycles. The zero-order chi connectivity index (χ0) is 14.6. The van der Waals surface area contributed by atoms with Crippen molar-refractivity contribution >= 4 is 17.7 Å². The fourth-order valence-corrected chi connectivity index (χ4v) is 1.60. The van der Waals surface area contributed by atoms with Crippen molar-refractivity contribution in [3.63, 3.8) is 0 Å². The number of aromatic amines is 1. The van der Waals surface area contributed by atoms with E-state index in [0.717, 1.165) is 4.90 Å². The summed E-state index contributed by atoms with van der Waals surface area (Å²) < 4.78 is 4.89. The molecular weight excluding hydrogens is 250 g/mol. The number of H-pyrrole nitrogens is 1. The monoisotopic (exact) mass is 267 g/mol. The number of carbonyl (C=O) groups excluding carboxylic acids is 1. The minimum absolute atomic E-state index is 0.0373. The van der Waals surface area contributed by atoms with Gasteiger partial charge in [0.25, 0.3) is 0 Å². The fraction of sp³-hybridized carbons (Fsp3) is 0.417. The first kappa shape index (κ1) is 14.7. The molecule has 0 fully saturated rings. The highest BCUT2D eigenvalue weighted by molar-refractivity contribution is 5.88. The summed E-state index contributed by atoms with van der Waals surface area (Å²) in [6.45, 7) is 8.40. The van der Waals surface area contributed by atoms with E-state index in [2.05, 4.69) is 16.8 Å². The Hall–Kier alpha value is -2.31. The van der Waals surface area contributed by atoms with Crippen LogP contribution in [0.1, 0.15) is 18.3 Å². The van der Waals surface area contributed by atoms with E-state index in [1.165, 1.54) is 6.92 Å². The second-order valence-electron chi connectivity index (χ2n) is 4.13. The maximum absolute atomic E-state index is 11.2. The number of hydrogen-bond acceptors (Lipinski definition) is 4. The highest BCUT2D eigenvalue weighted by atomic mass is 16.5. The number of hydrogen-bond donors (Lipinski definition) is 2. The molecule has 0 atom stereocenters. The van der Waals surface area contributed by atoms with Crippen molar-refractivity contribution in [2.75, 3.05) is 18.1 Å². The van der Waals surface area contributed by atoms with Crippen LogP contribution < -0.4 is 4.90 Å². The number of ether oxygens (including phenoxy) is 1. The number of anilines is 1. The van der Waals surface area contributed by atoms with Gasteiger partial charge in [0.15, 0.2) is 0 Å². The van der Waals surface area contributed by atoms with Crippen LogP contribution in [-0.4, -0.2) is 40.5 Å². The molecule has 2 N–H and O–H groups in total. The summed E-state index contributed by atoms with van der Waals surface area (Å²) in [4.78, 5) is 23.5. The summed E-state index contributed by atoms with van der Waals surface area (Å²) in [7, 11) is 0. The lowest BCUT2D eigenvalue weighted by molar-refractivity contribution is -0.138. The molecule has 7 heteroatoms. The Labute approximate surface area is 110 Å². The average Bonchev–Trinajstić information content (AvgIpc) is 2.64. The van der Waals surface area contributed by atoms with Crippen LogP contribution in [0.4, 0.5) is 10.5 Å². The van der Waals surface area contributed by atoms with Crippen LogP contribution >= 0.6 is 0 Å². The Morgan fingerprint density at radius 2 is 2.11 bits per heavy atom. The first-order chi connectivity index (χ1) is 8.84. The quantitative estimate of drug-likeness (QED) is 0.624. The van der Waals surface area contributed by atoms with Crippen LogP contribution in [0.15, 0.2) is 12.2 Å². The molecule has 0 aliphatic heterocycles. The normalized spacial score (nSPS) is 10.1. The molecule has 1 heterocycles. The minimum Gasteiger partial charge on any atom is -0.465 e. The third kappa shape index (κ3) is 3.57. The topological polar surface area (TPSA) is 95.5 Å². The van der Waals surface area contributed by atoms with Gasteiger partial charge in [-0.25, -0.2) is 9.59 Å². The average molecular weight is 267 g/mol. The molecule has 0 aliphatic carbocycles. The number of aryl methyl sites for hydroxylation is 2. The Kier molecular flexibility index (Phi) is 4.68. The van der Waals surface area contributed by atoms with Gasteiger partial charge in [-0.2, -0.15) is 5.10 Å². The van der Waals surface area contributed by atoms with Crippen molar-refractivity contribution in [3.8, 4) is 0 Å². The van der Waals surface area contributed by atoms with Crippen LogP contribution in [0.3, 0.4) is 0 Å². The van der Waals surface area contributed by atoms with Crippen LogP contribution in [0.2, 0.25) is 0 Å². The lowest BCUT2D eigenvalue weighted by Gasteiger charge is -2.19. The highest BCUT2D eigenvalue weighted by Gasteiger charge is 2.21. The first-order valence-electron chi connectivity index (χ1n) is 5.69. The van der Waals surface area contributed by atoms with Crippen LogP contribution in [0, 0.1) is 13.8 Å². The summed E-state index contributed by atoms with van der Waals surface area (Å²) in [5.41, 5.74) is 1.98. The summed E-state index contributed by atoms with van der Waals surface area (Å²) >= 11 is 0. The largest absolute Gasteiger partial charge is 0.465 e. The highest BCUT2D eigenvalue weighted by Crippen LogP contribution is 2.21. The standard InChI is InChI=1S/C12H17N3O4/c1-7(2)11(16)19-6-5-15(12(17)18)10-8(3)13-14-9(10)4/h1,5-6H2,2-4H3,(H,13,14)(H,17,18). The van der Waals surface area contributed by atoms with Gasteiger partial charge in [-0.15, -0.1) is 0 Å². The number of rotatable bonds is 5. The first-order valence-corrected chi connectivity index (χ1v) is 5.69. The van der Waals surface area contributed by atoms with E-state index in [4.69, 9.17) is 4.74 Å². The SMILES string of the molecule is C=C(C)C(=O)OCCN(C(=O)O)c1c(C)n[nH]c1C. The molecule has 7 nitrogen and oxygen atoms in total. The molecule has 0 aliphatic rings. The molecule has 0 aromatic carbocycles. The third-order valence-corrected chi connectivity index (χ3v) is 2.49. The Balaban J connectivity index is 2.73. The van der Waals surface area contributed by atoms with E-state index < -0.39 is 12.1 Å². The lowest BCUT2D eigenvalue weighted by Crippen LogP contribution is -2.34. The maximum Gasteiger partial charge on any atom is 0.412 e. The molecule has 1 aromatic heterocycles. The van der Waals surface area contributed by atoms with E-state index in [0.29, 0.717) is 17.1 Å². The van der Waals surface area contributed by atoms with Crippen LogP contribution in [0.25, 0.3) is 0 Å². The molecule has 0 spiro atoms. The number of carboxylic acid groups (broad SMARTS) is 1. The predicted molar refractivity (Wildman–Crippen MR) is 69.2 cm³/mol. The van der Waals surface area contributed by atoms with Gasteiger partial charge in [0.1, 0.15) is 6.61 Å². The summed E-state index contributed by atoms with van der Waals surface area (Å²) in [5, 5.41) is 15.8. The van der Waals surface area contributed by atoms with Gasteiger partial charge in [0.05, 0.1) is 23.6 Å². The molecule has 19 heavy (non-hydrogen) atoms. The van der Waals surface area contributed by atoms with Gasteiger partial charge in [0.2, 0.25) is 0 Å². The van der Waals surface area contributed by atoms with E-state index >= 15 is 0 Å². The number of carbonyl (C=O) groups is 2. The molecule has 0 unspecified atom stereocenters. The molecule has 1 amide bonds. The molecule has 1 rings (SSSR count). The number of nitrogens with one attached hydrogen (secondary N) is 1. The molecule has 1 aromatic rings. The van der Waals surface area contributed by atoms with Crippen molar-refractivity contribution < 1.29 is 19.4 Å². The number of aromatic nitrogens is 2. The van der Waals surface area contributed by atoms with E-state index in [9.17, 15) is 14.7 Å². The van der Waals surface area contributed by atoms with E-state index in [1.54, 1.807) is 13.8 Å². The van der Waals surface area contributed by atoms with Gasteiger partial charge < -0.3 is 9.84 Å².